The molecular formula is C30H48O3. The van der Waals surface area contributed by atoms with E-state index in [1.807, 2.05) is 0 Å². The van der Waals surface area contributed by atoms with Crippen LogP contribution in [-0.4, -0.2) is 33.1 Å². The Morgan fingerprint density at radius 1 is 1.18 bits per heavy atom. The summed E-state index contributed by atoms with van der Waals surface area (Å²) in [6.07, 6.45) is 18.7. The molecule has 33 heavy (non-hydrogen) atoms. The van der Waals surface area contributed by atoms with Crippen molar-refractivity contribution in [2.24, 2.45) is 23.2 Å². The first-order valence-corrected chi connectivity index (χ1v) is 13.5. The Morgan fingerprint density at radius 2 is 1.91 bits per heavy atom. The van der Waals surface area contributed by atoms with Gasteiger partial charge in [-0.3, -0.25) is 0 Å². The second-order valence-corrected chi connectivity index (χ2v) is 11.4. The highest BCUT2D eigenvalue weighted by molar-refractivity contribution is 5.38. The fourth-order valence-corrected chi connectivity index (χ4v) is 7.01. The minimum Gasteiger partial charge on any atom is -0.393 e. The number of allylic oxidation sites excluding steroid dienone is 5. The maximum Gasteiger partial charge on any atom is 0.0811 e. The quantitative estimate of drug-likeness (QED) is 0.358. The molecule has 186 valence electrons. The van der Waals surface area contributed by atoms with Gasteiger partial charge in [-0.15, -0.1) is 0 Å². The zero-order chi connectivity index (χ0) is 24.2. The van der Waals surface area contributed by atoms with E-state index in [9.17, 15) is 15.3 Å². The van der Waals surface area contributed by atoms with Gasteiger partial charge in [-0.1, -0.05) is 64.2 Å². The molecule has 0 aromatic carbocycles. The molecule has 0 radical (unpaired) electrons. The standard InChI is InChI=1S/C30H48O3/c1-6-30(33,7-2)18-9-8-11-21(3)26-15-16-27-23(12-10-17-29(26,27)5)13-14-24-19-25(31)20-28(32)22(24)4/h8,11,13-14,21,25-28,31-33H,4,6-7,9-10,12,15-20H2,1-3,5H3/b11-8+,23-13+,24-14+/t21-,25+,26+,27-,28-,29+/m0/s1. The first kappa shape index (κ1) is 26.4. The van der Waals surface area contributed by atoms with E-state index >= 15 is 0 Å². The van der Waals surface area contributed by atoms with Crippen LogP contribution >= 0.6 is 0 Å². The van der Waals surface area contributed by atoms with Crippen LogP contribution in [0.25, 0.3) is 0 Å². The number of hydrogen-bond acceptors (Lipinski definition) is 3. The maximum atomic E-state index is 10.5. The third-order valence-corrected chi connectivity index (χ3v) is 9.47. The van der Waals surface area contributed by atoms with Crippen molar-refractivity contribution >= 4 is 0 Å². The summed E-state index contributed by atoms with van der Waals surface area (Å²) in [4.78, 5) is 0. The van der Waals surface area contributed by atoms with E-state index in [-0.39, 0.29) is 0 Å². The lowest BCUT2D eigenvalue weighted by molar-refractivity contribution is 0.0245. The maximum absolute atomic E-state index is 10.5. The minimum atomic E-state index is -0.621. The van der Waals surface area contributed by atoms with Crippen LogP contribution in [0.4, 0.5) is 0 Å². The average Bonchev–Trinajstić information content (AvgIpc) is 3.15. The van der Waals surface area contributed by atoms with Crippen LogP contribution in [0.1, 0.15) is 98.3 Å². The molecule has 6 atom stereocenters. The highest BCUT2D eigenvalue weighted by atomic mass is 16.3. The molecule has 0 aromatic rings. The molecule has 3 aliphatic carbocycles. The van der Waals surface area contributed by atoms with Crippen molar-refractivity contribution in [1.82, 2.24) is 0 Å². The van der Waals surface area contributed by atoms with Gasteiger partial charge >= 0.3 is 0 Å². The molecule has 0 amide bonds. The van der Waals surface area contributed by atoms with Crippen molar-refractivity contribution in [3.8, 4) is 0 Å². The number of aliphatic hydroxyl groups is 3. The van der Waals surface area contributed by atoms with E-state index in [0.717, 1.165) is 43.3 Å². The normalized spacial score (nSPS) is 36.6. The molecule has 3 fully saturated rings. The van der Waals surface area contributed by atoms with Gasteiger partial charge in [-0.25, -0.2) is 0 Å². The Balaban J connectivity index is 1.67. The molecule has 0 heterocycles. The third-order valence-electron chi connectivity index (χ3n) is 9.47. The summed E-state index contributed by atoms with van der Waals surface area (Å²) >= 11 is 0. The summed E-state index contributed by atoms with van der Waals surface area (Å²) in [6.45, 7) is 13.1. The first-order chi connectivity index (χ1) is 15.6. The van der Waals surface area contributed by atoms with E-state index in [1.54, 1.807) is 5.57 Å². The van der Waals surface area contributed by atoms with Gasteiger partial charge in [0.25, 0.3) is 0 Å². The molecule has 0 spiro atoms. The van der Waals surface area contributed by atoms with Crippen molar-refractivity contribution in [2.45, 2.75) is 116 Å². The molecule has 3 aliphatic rings. The van der Waals surface area contributed by atoms with Crippen molar-refractivity contribution in [2.75, 3.05) is 0 Å². The molecule has 3 saturated carbocycles. The molecule has 0 saturated heterocycles. The fourth-order valence-electron chi connectivity index (χ4n) is 7.01. The van der Waals surface area contributed by atoms with Crippen LogP contribution < -0.4 is 0 Å². The van der Waals surface area contributed by atoms with Gasteiger partial charge in [-0.05, 0) is 98.5 Å². The van der Waals surface area contributed by atoms with Crippen LogP contribution in [0.3, 0.4) is 0 Å². The molecule has 3 heteroatoms. The molecule has 0 unspecified atom stereocenters. The van der Waals surface area contributed by atoms with Crippen LogP contribution in [-0.2, 0) is 0 Å². The van der Waals surface area contributed by atoms with Gasteiger partial charge in [0.15, 0.2) is 0 Å². The predicted octanol–water partition coefficient (Wildman–Crippen LogP) is 6.65. The van der Waals surface area contributed by atoms with Crippen LogP contribution in [0.15, 0.2) is 47.6 Å². The topological polar surface area (TPSA) is 60.7 Å². The average molecular weight is 457 g/mol. The fraction of sp³-hybridized carbons (Fsp3) is 0.733. The monoisotopic (exact) mass is 456 g/mol. The van der Waals surface area contributed by atoms with E-state index in [0.29, 0.717) is 36.0 Å². The predicted molar refractivity (Wildman–Crippen MR) is 138 cm³/mol. The number of aliphatic hydroxyl groups excluding tert-OH is 2. The highest BCUT2D eigenvalue weighted by Gasteiger charge is 2.50. The van der Waals surface area contributed by atoms with Crippen molar-refractivity contribution in [3.05, 3.63) is 47.6 Å². The molecule has 3 nitrogen and oxygen atoms in total. The lowest BCUT2D eigenvalue weighted by Crippen LogP contribution is -2.35. The summed E-state index contributed by atoms with van der Waals surface area (Å²) in [5.74, 6) is 1.87. The summed E-state index contributed by atoms with van der Waals surface area (Å²) in [6, 6.07) is 0. The Labute approximate surface area is 202 Å². The number of rotatable bonds is 8. The third kappa shape index (κ3) is 5.92. The second kappa shape index (κ2) is 11.1. The van der Waals surface area contributed by atoms with Crippen molar-refractivity contribution in [1.29, 1.82) is 0 Å². The van der Waals surface area contributed by atoms with E-state index < -0.39 is 17.8 Å². The molecule has 0 aliphatic heterocycles. The summed E-state index contributed by atoms with van der Waals surface area (Å²) in [5, 5.41) is 30.8. The summed E-state index contributed by atoms with van der Waals surface area (Å²) in [7, 11) is 0. The SMILES string of the molecule is C=C1/C(=C/C=C2\CCC[C@]3(C)[C@@H]([C@@H](C)/C=C/CCC(O)(CC)CC)CC[C@@H]23)C[C@@H](O)C[C@@H]1O. The molecule has 0 bridgehead atoms. The molecular weight excluding hydrogens is 408 g/mol. The van der Waals surface area contributed by atoms with Gasteiger partial charge in [-0.2, -0.15) is 0 Å². The van der Waals surface area contributed by atoms with Gasteiger partial charge < -0.3 is 15.3 Å². The second-order valence-electron chi connectivity index (χ2n) is 11.4. The Morgan fingerprint density at radius 3 is 2.61 bits per heavy atom. The molecule has 3 rings (SSSR count). The Bertz CT molecular complexity index is 771. The number of hydrogen-bond donors (Lipinski definition) is 3. The van der Waals surface area contributed by atoms with Gasteiger partial charge in [0.1, 0.15) is 0 Å². The van der Waals surface area contributed by atoms with Crippen molar-refractivity contribution in [3.63, 3.8) is 0 Å². The number of fused-ring (bicyclic) bond motifs is 1. The van der Waals surface area contributed by atoms with E-state index in [1.165, 1.54) is 25.7 Å². The minimum absolute atomic E-state index is 0.336. The van der Waals surface area contributed by atoms with Gasteiger partial charge in [0.05, 0.1) is 17.8 Å². The summed E-state index contributed by atoms with van der Waals surface area (Å²) in [5.41, 5.74) is 3.16. The van der Waals surface area contributed by atoms with Crippen LogP contribution in [0, 0.1) is 23.2 Å². The Kier molecular flexibility index (Phi) is 8.86. The van der Waals surface area contributed by atoms with Crippen LogP contribution in [0.2, 0.25) is 0 Å². The first-order valence-electron chi connectivity index (χ1n) is 13.5. The Hall–Kier alpha value is -1.16. The van der Waals surface area contributed by atoms with E-state index in [2.05, 4.69) is 58.6 Å². The van der Waals surface area contributed by atoms with E-state index in [4.69, 9.17) is 0 Å². The largest absolute Gasteiger partial charge is 0.393 e. The highest BCUT2D eigenvalue weighted by Crippen LogP contribution is 2.59. The molecule has 3 N–H and O–H groups in total. The lowest BCUT2D eigenvalue weighted by atomic mass is 9.61. The lowest BCUT2D eigenvalue weighted by Gasteiger charge is -2.44. The zero-order valence-electron chi connectivity index (χ0n) is 21.5. The van der Waals surface area contributed by atoms with Crippen molar-refractivity contribution < 1.29 is 15.3 Å². The van der Waals surface area contributed by atoms with Crippen LogP contribution in [0.5, 0.6) is 0 Å². The summed E-state index contributed by atoms with van der Waals surface area (Å²) < 4.78 is 0. The van der Waals surface area contributed by atoms with Gasteiger partial charge in [0.2, 0.25) is 0 Å². The smallest absolute Gasteiger partial charge is 0.0811 e. The zero-order valence-corrected chi connectivity index (χ0v) is 21.5. The van der Waals surface area contributed by atoms with Gasteiger partial charge in [0, 0.05) is 6.42 Å². The molecule has 0 aromatic heterocycles.